The molecule has 168 valence electrons. The van der Waals surface area contributed by atoms with E-state index in [1.807, 2.05) is 6.07 Å². The van der Waals surface area contributed by atoms with Crippen molar-refractivity contribution in [3.63, 3.8) is 0 Å². The summed E-state index contributed by atoms with van der Waals surface area (Å²) in [7, 11) is -0.365. The van der Waals surface area contributed by atoms with Crippen LogP contribution in [0.25, 0.3) is 0 Å². The maximum absolute atomic E-state index is 6.21. The van der Waals surface area contributed by atoms with Crippen LogP contribution < -0.4 is 10.8 Å². The molecular weight excluding hydrogens is 407 g/mol. The maximum Gasteiger partial charge on any atom is 0.494 e. The molecule has 3 aliphatic rings. The minimum absolute atomic E-state index is 0.0311. The molecule has 33 heavy (non-hydrogen) atoms. The average molecular weight is 438 g/mol. The molecule has 1 aliphatic carbocycles. The molecule has 1 fully saturated rings. The Morgan fingerprint density at radius 1 is 0.909 bits per heavy atom. The summed E-state index contributed by atoms with van der Waals surface area (Å²) in [4.78, 5) is 5.06. The SMILES string of the molecule is CC1(C)OB(c2ccc(C3=NC(c4ccccc4)C=C(C4=CCCC=C4)N3)cc2)OC1(C)C. The van der Waals surface area contributed by atoms with Crippen molar-refractivity contribution >= 4 is 18.4 Å². The topological polar surface area (TPSA) is 42.8 Å². The predicted molar refractivity (Wildman–Crippen MR) is 136 cm³/mol. The van der Waals surface area contributed by atoms with Crippen LogP contribution in [0.15, 0.2) is 95.2 Å². The maximum atomic E-state index is 6.21. The Labute approximate surface area is 197 Å². The summed E-state index contributed by atoms with van der Waals surface area (Å²) in [6.45, 7) is 8.31. The Kier molecular flexibility index (Phi) is 5.63. The summed E-state index contributed by atoms with van der Waals surface area (Å²) in [6.07, 6.45) is 11.1. The second-order valence-electron chi connectivity index (χ2n) is 9.89. The van der Waals surface area contributed by atoms with Crippen molar-refractivity contribution in [1.29, 1.82) is 0 Å². The van der Waals surface area contributed by atoms with Crippen LogP contribution in [0.3, 0.4) is 0 Å². The molecular formula is C28H31BN2O2. The number of benzene rings is 2. The molecule has 0 bridgehead atoms. The van der Waals surface area contributed by atoms with Crippen molar-refractivity contribution in [2.24, 2.45) is 4.99 Å². The van der Waals surface area contributed by atoms with E-state index in [-0.39, 0.29) is 24.4 Å². The normalized spacial score (nSPS) is 23.5. The second-order valence-corrected chi connectivity index (χ2v) is 9.89. The van der Waals surface area contributed by atoms with Gasteiger partial charge in [0.25, 0.3) is 0 Å². The highest BCUT2D eigenvalue weighted by Gasteiger charge is 2.51. The van der Waals surface area contributed by atoms with Gasteiger partial charge in [0.15, 0.2) is 0 Å². The van der Waals surface area contributed by atoms with Gasteiger partial charge in [0.2, 0.25) is 0 Å². The van der Waals surface area contributed by atoms with Crippen molar-refractivity contribution < 1.29 is 9.31 Å². The fraction of sp³-hybridized carbons (Fsp3) is 0.321. The monoisotopic (exact) mass is 438 g/mol. The molecule has 1 unspecified atom stereocenters. The number of aliphatic imine (C=N–C) groups is 1. The van der Waals surface area contributed by atoms with Crippen LogP contribution >= 0.6 is 0 Å². The molecule has 0 aromatic heterocycles. The number of hydrogen-bond donors (Lipinski definition) is 1. The van der Waals surface area contributed by atoms with Crippen molar-refractivity contribution in [1.82, 2.24) is 5.32 Å². The lowest BCUT2D eigenvalue weighted by molar-refractivity contribution is 0.00578. The molecule has 1 N–H and O–H groups in total. The van der Waals surface area contributed by atoms with E-state index in [2.05, 4.69) is 106 Å². The molecule has 1 atom stereocenters. The minimum atomic E-state index is -0.365. The van der Waals surface area contributed by atoms with Gasteiger partial charge in [-0.1, -0.05) is 72.8 Å². The van der Waals surface area contributed by atoms with Crippen LogP contribution in [0, 0.1) is 0 Å². The van der Waals surface area contributed by atoms with Gasteiger partial charge in [0.1, 0.15) is 5.84 Å². The van der Waals surface area contributed by atoms with Crippen LogP contribution in [0.5, 0.6) is 0 Å². The lowest BCUT2D eigenvalue weighted by Gasteiger charge is -2.32. The van der Waals surface area contributed by atoms with Crippen LogP contribution in [-0.2, 0) is 9.31 Å². The smallest absolute Gasteiger partial charge is 0.399 e. The highest BCUT2D eigenvalue weighted by atomic mass is 16.7. The van der Waals surface area contributed by atoms with E-state index < -0.39 is 0 Å². The number of hydrogen-bond acceptors (Lipinski definition) is 4. The van der Waals surface area contributed by atoms with Crippen LogP contribution in [0.2, 0.25) is 0 Å². The van der Waals surface area contributed by atoms with E-state index in [1.54, 1.807) is 0 Å². The van der Waals surface area contributed by atoms with E-state index >= 15 is 0 Å². The van der Waals surface area contributed by atoms with Gasteiger partial charge in [0, 0.05) is 11.3 Å². The molecule has 0 saturated carbocycles. The summed E-state index contributed by atoms with van der Waals surface area (Å²) in [5.74, 6) is 0.877. The van der Waals surface area contributed by atoms with E-state index in [4.69, 9.17) is 14.3 Å². The van der Waals surface area contributed by atoms with Crippen molar-refractivity contribution in [2.45, 2.75) is 57.8 Å². The molecule has 0 radical (unpaired) electrons. The fourth-order valence-electron chi connectivity index (χ4n) is 4.26. The second kappa shape index (κ2) is 8.47. The molecule has 2 heterocycles. The number of amidine groups is 1. The minimum Gasteiger partial charge on any atom is -0.399 e. The Bertz CT molecular complexity index is 1130. The first-order valence-corrected chi connectivity index (χ1v) is 11.8. The van der Waals surface area contributed by atoms with Gasteiger partial charge in [0.05, 0.1) is 17.2 Å². The van der Waals surface area contributed by atoms with Crippen molar-refractivity contribution in [3.8, 4) is 0 Å². The molecule has 0 spiro atoms. The van der Waals surface area contributed by atoms with Gasteiger partial charge in [-0.3, -0.25) is 4.99 Å². The third-order valence-electron chi connectivity index (χ3n) is 7.00. The van der Waals surface area contributed by atoms with Gasteiger partial charge in [-0.25, -0.2) is 0 Å². The molecule has 4 nitrogen and oxygen atoms in total. The van der Waals surface area contributed by atoms with Gasteiger partial charge in [-0.2, -0.15) is 0 Å². The standard InChI is InChI=1S/C28H31BN2O2/c1-27(2)28(3,4)33-29(32-27)23-17-15-22(16-18-23)26-30-24(20-11-7-5-8-12-20)19-25(31-26)21-13-9-6-10-14-21/h5,7-9,11-19,24H,6,10H2,1-4H3,(H,30,31). The van der Waals surface area contributed by atoms with Crippen molar-refractivity contribution in [2.75, 3.05) is 0 Å². The first kappa shape index (κ1) is 21.9. The largest absolute Gasteiger partial charge is 0.494 e. The van der Waals surface area contributed by atoms with E-state index in [1.165, 1.54) is 11.1 Å². The quantitative estimate of drug-likeness (QED) is 0.665. The zero-order chi connectivity index (χ0) is 23.1. The lowest BCUT2D eigenvalue weighted by Crippen LogP contribution is -2.41. The fourth-order valence-corrected chi connectivity index (χ4v) is 4.26. The molecule has 5 rings (SSSR count). The van der Waals surface area contributed by atoms with E-state index in [0.717, 1.165) is 35.4 Å². The van der Waals surface area contributed by atoms with Crippen LogP contribution in [-0.4, -0.2) is 24.2 Å². The third-order valence-corrected chi connectivity index (χ3v) is 7.00. The predicted octanol–water partition coefficient (Wildman–Crippen LogP) is 5.24. The summed E-state index contributed by atoms with van der Waals surface area (Å²) >= 11 is 0. The first-order chi connectivity index (χ1) is 15.8. The molecule has 2 aliphatic heterocycles. The van der Waals surface area contributed by atoms with Gasteiger partial charge in [-0.15, -0.1) is 0 Å². The summed E-state index contributed by atoms with van der Waals surface area (Å²) < 4.78 is 12.4. The van der Waals surface area contributed by atoms with Gasteiger partial charge in [-0.05, 0) is 63.2 Å². The van der Waals surface area contributed by atoms with Crippen molar-refractivity contribution in [3.05, 3.63) is 101 Å². The number of nitrogens with one attached hydrogen (secondary N) is 1. The molecule has 0 amide bonds. The van der Waals surface area contributed by atoms with E-state index in [0.29, 0.717) is 0 Å². The van der Waals surface area contributed by atoms with Gasteiger partial charge < -0.3 is 14.6 Å². The average Bonchev–Trinajstić information content (AvgIpc) is 3.07. The third kappa shape index (κ3) is 4.35. The Morgan fingerprint density at radius 3 is 2.24 bits per heavy atom. The number of rotatable bonds is 4. The summed E-state index contributed by atoms with van der Waals surface area (Å²) in [5.41, 5.74) is 4.88. The summed E-state index contributed by atoms with van der Waals surface area (Å²) in [6, 6.07) is 18.8. The number of allylic oxidation sites excluding steroid dienone is 3. The van der Waals surface area contributed by atoms with E-state index in [9.17, 15) is 0 Å². The summed E-state index contributed by atoms with van der Waals surface area (Å²) in [5, 5.41) is 3.58. The zero-order valence-electron chi connectivity index (χ0n) is 19.8. The number of nitrogens with zero attached hydrogens (tertiary/aromatic N) is 1. The molecule has 1 saturated heterocycles. The Hall–Kier alpha value is -2.89. The van der Waals surface area contributed by atoms with Crippen LogP contribution in [0.1, 0.15) is 57.7 Å². The Balaban J connectivity index is 1.43. The highest BCUT2D eigenvalue weighted by Crippen LogP contribution is 2.36. The lowest BCUT2D eigenvalue weighted by atomic mass is 9.79. The highest BCUT2D eigenvalue weighted by molar-refractivity contribution is 6.62. The first-order valence-electron chi connectivity index (χ1n) is 11.8. The molecule has 2 aromatic rings. The zero-order valence-corrected chi connectivity index (χ0v) is 19.8. The Morgan fingerprint density at radius 2 is 1.61 bits per heavy atom. The van der Waals surface area contributed by atoms with Gasteiger partial charge >= 0.3 is 7.12 Å². The van der Waals surface area contributed by atoms with Crippen LogP contribution in [0.4, 0.5) is 0 Å². The molecule has 2 aromatic carbocycles. The molecule has 5 heteroatoms.